The minimum Gasteiger partial charge on any atom is -0.478 e. The first-order valence-electron chi connectivity index (χ1n) is 6.07. The van der Waals surface area contributed by atoms with E-state index in [9.17, 15) is 13.2 Å². The van der Waals surface area contributed by atoms with Crippen LogP contribution in [0.3, 0.4) is 0 Å². The van der Waals surface area contributed by atoms with Crippen molar-refractivity contribution in [2.75, 3.05) is 11.9 Å². The predicted octanol–water partition coefficient (Wildman–Crippen LogP) is 1.26. The van der Waals surface area contributed by atoms with Crippen LogP contribution in [0.1, 0.15) is 30.1 Å². The maximum Gasteiger partial charge on any atom is 0.337 e. The van der Waals surface area contributed by atoms with E-state index in [0.29, 0.717) is 11.7 Å². The van der Waals surface area contributed by atoms with E-state index >= 15 is 0 Å². The second kappa shape index (κ2) is 5.18. The fourth-order valence-electron chi connectivity index (χ4n) is 1.71. The van der Waals surface area contributed by atoms with Gasteiger partial charge >= 0.3 is 5.97 Å². The number of hydrogen-bond donors (Lipinski definition) is 3. The Morgan fingerprint density at radius 1 is 1.42 bits per heavy atom. The van der Waals surface area contributed by atoms with Gasteiger partial charge in [0, 0.05) is 18.3 Å². The smallest absolute Gasteiger partial charge is 0.337 e. The fourth-order valence-corrected chi connectivity index (χ4v) is 2.78. The van der Waals surface area contributed by atoms with Gasteiger partial charge in [-0.2, -0.15) is 0 Å². The van der Waals surface area contributed by atoms with Crippen LogP contribution < -0.4 is 10.0 Å². The lowest BCUT2D eigenvalue weighted by molar-refractivity contribution is 0.0697. The fraction of sp³-hybridized carbons (Fsp3) is 0.417. The van der Waals surface area contributed by atoms with Crippen LogP contribution in [0.5, 0.6) is 0 Å². The Balaban J connectivity index is 2.38. The molecule has 1 aliphatic carbocycles. The Kier molecular flexibility index (Phi) is 3.77. The van der Waals surface area contributed by atoms with Gasteiger partial charge in [-0.3, -0.25) is 0 Å². The molecule has 0 atom stereocenters. The molecular weight excluding hydrogens is 268 g/mol. The Morgan fingerprint density at radius 2 is 2.11 bits per heavy atom. The largest absolute Gasteiger partial charge is 0.478 e. The van der Waals surface area contributed by atoms with Gasteiger partial charge in [0.05, 0.1) is 10.5 Å². The van der Waals surface area contributed by atoms with Crippen molar-refractivity contribution in [2.24, 2.45) is 0 Å². The van der Waals surface area contributed by atoms with Crippen LogP contribution in [0.25, 0.3) is 0 Å². The van der Waals surface area contributed by atoms with Gasteiger partial charge in [0.2, 0.25) is 10.0 Å². The molecule has 2 rings (SSSR count). The Hall–Kier alpha value is -1.60. The zero-order valence-corrected chi connectivity index (χ0v) is 11.3. The van der Waals surface area contributed by atoms with E-state index in [4.69, 9.17) is 5.11 Å². The number of anilines is 1. The quantitative estimate of drug-likeness (QED) is 0.731. The molecule has 0 unspecified atom stereocenters. The maximum absolute atomic E-state index is 11.8. The molecule has 1 aromatic carbocycles. The summed E-state index contributed by atoms with van der Waals surface area (Å²) in [5.74, 6) is -1.14. The van der Waals surface area contributed by atoms with E-state index < -0.39 is 16.0 Å². The van der Waals surface area contributed by atoms with Crippen LogP contribution in [-0.2, 0) is 10.0 Å². The summed E-state index contributed by atoms with van der Waals surface area (Å²) < 4.78 is 26.0. The molecule has 0 heterocycles. The topological polar surface area (TPSA) is 95.5 Å². The normalized spacial score (nSPS) is 15.2. The molecule has 1 fully saturated rings. The van der Waals surface area contributed by atoms with Crippen molar-refractivity contribution in [1.29, 1.82) is 0 Å². The molecule has 3 N–H and O–H groups in total. The minimum absolute atomic E-state index is 0.0223. The number of hydrogen-bond acceptors (Lipinski definition) is 4. The molecule has 0 aromatic heterocycles. The maximum atomic E-state index is 11.8. The molecule has 0 amide bonds. The zero-order chi connectivity index (χ0) is 14.0. The molecular formula is C12H16N2O4S. The average Bonchev–Trinajstić information content (AvgIpc) is 3.13. The number of rotatable bonds is 6. The van der Waals surface area contributed by atoms with Gasteiger partial charge in [0.1, 0.15) is 0 Å². The summed E-state index contributed by atoms with van der Waals surface area (Å²) in [4.78, 5) is 11.2. The van der Waals surface area contributed by atoms with Crippen molar-refractivity contribution >= 4 is 21.7 Å². The third kappa shape index (κ3) is 3.24. The molecule has 19 heavy (non-hydrogen) atoms. The number of carbonyl (C=O) groups is 1. The molecule has 0 radical (unpaired) electrons. The molecule has 0 saturated heterocycles. The first-order chi connectivity index (χ1) is 8.94. The summed E-state index contributed by atoms with van der Waals surface area (Å²) >= 11 is 0. The summed E-state index contributed by atoms with van der Waals surface area (Å²) in [5, 5.41) is 12.2. The standard InChI is InChI=1S/C12H16N2O4S/c1-2-13-19(17,18)9-5-6-11(14-8-3-4-8)10(7-9)12(15)16/h5-8,13-14H,2-4H2,1H3,(H,15,16). The number of carboxylic acids is 1. The van der Waals surface area contributed by atoms with E-state index in [1.807, 2.05) is 0 Å². The van der Waals surface area contributed by atoms with Crippen molar-refractivity contribution in [3.05, 3.63) is 23.8 Å². The van der Waals surface area contributed by atoms with E-state index in [1.165, 1.54) is 18.2 Å². The number of carboxylic acid groups (broad SMARTS) is 1. The van der Waals surface area contributed by atoms with Gasteiger partial charge in [-0.1, -0.05) is 6.92 Å². The number of aromatic carboxylic acids is 1. The lowest BCUT2D eigenvalue weighted by atomic mass is 10.2. The minimum atomic E-state index is -3.64. The van der Waals surface area contributed by atoms with Crippen LogP contribution in [0.4, 0.5) is 5.69 Å². The molecule has 0 aliphatic heterocycles. The van der Waals surface area contributed by atoms with Gasteiger partial charge < -0.3 is 10.4 Å². The van der Waals surface area contributed by atoms with Crippen LogP contribution in [-0.4, -0.2) is 32.1 Å². The highest BCUT2D eigenvalue weighted by Crippen LogP contribution is 2.28. The van der Waals surface area contributed by atoms with Crippen LogP contribution in [0.15, 0.2) is 23.1 Å². The molecule has 1 saturated carbocycles. The average molecular weight is 284 g/mol. The molecule has 7 heteroatoms. The second-order valence-electron chi connectivity index (χ2n) is 4.43. The SMILES string of the molecule is CCNS(=O)(=O)c1ccc(NC2CC2)c(C(=O)O)c1. The van der Waals surface area contributed by atoms with Crippen molar-refractivity contribution in [3.8, 4) is 0 Å². The molecule has 1 aliphatic rings. The second-order valence-corrected chi connectivity index (χ2v) is 6.20. The first kappa shape index (κ1) is 13.8. The van der Waals surface area contributed by atoms with Gasteiger partial charge in [-0.25, -0.2) is 17.9 Å². The molecule has 104 valence electrons. The van der Waals surface area contributed by atoms with Gasteiger partial charge in [0.25, 0.3) is 0 Å². The third-order valence-electron chi connectivity index (χ3n) is 2.80. The van der Waals surface area contributed by atoms with Crippen LogP contribution in [0.2, 0.25) is 0 Å². The van der Waals surface area contributed by atoms with Gasteiger partial charge in [-0.15, -0.1) is 0 Å². The van der Waals surface area contributed by atoms with Crippen LogP contribution >= 0.6 is 0 Å². The summed E-state index contributed by atoms with van der Waals surface area (Å²) in [5.41, 5.74) is 0.441. The van der Waals surface area contributed by atoms with Crippen molar-refractivity contribution < 1.29 is 18.3 Å². The predicted molar refractivity (Wildman–Crippen MR) is 70.9 cm³/mol. The first-order valence-corrected chi connectivity index (χ1v) is 7.56. The highest BCUT2D eigenvalue weighted by atomic mass is 32.2. The Labute approximate surface area is 111 Å². The molecule has 0 spiro atoms. The third-order valence-corrected chi connectivity index (χ3v) is 4.35. The van der Waals surface area contributed by atoms with Gasteiger partial charge in [-0.05, 0) is 31.0 Å². The monoisotopic (exact) mass is 284 g/mol. The molecule has 0 bridgehead atoms. The highest BCUT2D eigenvalue weighted by molar-refractivity contribution is 7.89. The van der Waals surface area contributed by atoms with Crippen molar-refractivity contribution in [1.82, 2.24) is 4.72 Å². The van der Waals surface area contributed by atoms with E-state index in [-0.39, 0.29) is 17.0 Å². The van der Waals surface area contributed by atoms with Crippen LogP contribution in [0, 0.1) is 0 Å². The highest BCUT2D eigenvalue weighted by Gasteiger charge is 2.24. The summed E-state index contributed by atoms with van der Waals surface area (Å²) in [6, 6.07) is 4.40. The number of sulfonamides is 1. The zero-order valence-electron chi connectivity index (χ0n) is 10.5. The summed E-state index contributed by atoms with van der Waals surface area (Å²) in [6.45, 7) is 1.92. The van der Waals surface area contributed by atoms with Crippen molar-refractivity contribution in [2.45, 2.75) is 30.7 Å². The van der Waals surface area contributed by atoms with Crippen molar-refractivity contribution in [3.63, 3.8) is 0 Å². The number of benzene rings is 1. The van der Waals surface area contributed by atoms with E-state index in [0.717, 1.165) is 12.8 Å². The lowest BCUT2D eigenvalue weighted by Crippen LogP contribution is -2.23. The van der Waals surface area contributed by atoms with Gasteiger partial charge in [0.15, 0.2) is 0 Å². The molecule has 1 aromatic rings. The summed E-state index contributed by atoms with van der Waals surface area (Å²) in [7, 11) is -3.64. The Bertz CT molecular complexity index is 594. The van der Waals surface area contributed by atoms with E-state index in [1.54, 1.807) is 6.92 Å². The Morgan fingerprint density at radius 3 is 2.63 bits per heavy atom. The summed E-state index contributed by atoms with van der Waals surface area (Å²) in [6.07, 6.45) is 2.02. The van der Waals surface area contributed by atoms with E-state index in [2.05, 4.69) is 10.0 Å². The lowest BCUT2D eigenvalue weighted by Gasteiger charge is -2.11. The number of nitrogens with one attached hydrogen (secondary N) is 2. The molecule has 6 nitrogen and oxygen atoms in total.